The standard InChI is InChI=1S/C11H9FN4O4/c12-9-2-1-7(16(18)19)5-8(9)11(17)13-4-3-10-14-6-20-15-10/h1-2,5-6H,3-4H2,(H,13,17). The number of hydrogen-bond donors (Lipinski definition) is 1. The second-order valence-electron chi connectivity index (χ2n) is 3.77. The lowest BCUT2D eigenvalue weighted by atomic mass is 10.1. The van der Waals surface area contributed by atoms with Gasteiger partial charge in [0.05, 0.1) is 10.5 Å². The van der Waals surface area contributed by atoms with Gasteiger partial charge in [0.25, 0.3) is 11.6 Å². The first-order valence-corrected chi connectivity index (χ1v) is 5.55. The van der Waals surface area contributed by atoms with E-state index in [1.807, 2.05) is 0 Å². The molecule has 0 unspecified atom stereocenters. The van der Waals surface area contributed by atoms with Gasteiger partial charge in [-0.05, 0) is 6.07 Å². The van der Waals surface area contributed by atoms with Gasteiger partial charge in [0.15, 0.2) is 5.82 Å². The van der Waals surface area contributed by atoms with Crippen molar-refractivity contribution in [2.75, 3.05) is 6.54 Å². The molecule has 0 aliphatic carbocycles. The molecule has 1 heterocycles. The molecule has 1 aromatic carbocycles. The Morgan fingerprint density at radius 1 is 1.50 bits per heavy atom. The number of benzene rings is 1. The Bertz CT molecular complexity index is 629. The van der Waals surface area contributed by atoms with E-state index in [2.05, 4.69) is 20.0 Å². The molecule has 1 N–H and O–H groups in total. The van der Waals surface area contributed by atoms with Crippen LogP contribution in [0.25, 0.3) is 0 Å². The molecule has 0 saturated heterocycles. The first-order valence-electron chi connectivity index (χ1n) is 5.55. The lowest BCUT2D eigenvalue weighted by Crippen LogP contribution is -2.26. The Kier molecular flexibility index (Phi) is 3.99. The van der Waals surface area contributed by atoms with Crippen LogP contribution in [0.1, 0.15) is 16.2 Å². The van der Waals surface area contributed by atoms with Crippen molar-refractivity contribution in [1.82, 2.24) is 15.5 Å². The number of nitrogens with one attached hydrogen (secondary N) is 1. The number of non-ortho nitro benzene ring substituents is 1. The van der Waals surface area contributed by atoms with Crippen LogP contribution in [0.5, 0.6) is 0 Å². The smallest absolute Gasteiger partial charge is 0.270 e. The van der Waals surface area contributed by atoms with Crippen molar-refractivity contribution in [2.24, 2.45) is 0 Å². The van der Waals surface area contributed by atoms with E-state index in [0.717, 1.165) is 24.6 Å². The normalized spacial score (nSPS) is 10.2. The zero-order chi connectivity index (χ0) is 14.5. The number of carbonyl (C=O) groups excluding carboxylic acids is 1. The van der Waals surface area contributed by atoms with Crippen LogP contribution < -0.4 is 5.32 Å². The summed E-state index contributed by atoms with van der Waals surface area (Å²) in [6.45, 7) is 0.153. The molecule has 104 valence electrons. The molecule has 0 atom stereocenters. The maximum Gasteiger partial charge on any atom is 0.270 e. The molecule has 2 aromatic rings. The van der Waals surface area contributed by atoms with Crippen LogP contribution in [0.3, 0.4) is 0 Å². The van der Waals surface area contributed by atoms with E-state index in [9.17, 15) is 19.3 Å². The molecule has 0 radical (unpaired) electrons. The minimum atomic E-state index is -0.826. The molecule has 9 heteroatoms. The largest absolute Gasteiger partial charge is 0.351 e. The van der Waals surface area contributed by atoms with Crippen LogP contribution in [0.2, 0.25) is 0 Å². The number of nitro benzene ring substituents is 1. The predicted octanol–water partition coefficient (Wildman–Crippen LogP) is 1.09. The van der Waals surface area contributed by atoms with Crippen LogP contribution in [-0.4, -0.2) is 27.5 Å². The Labute approximate surface area is 111 Å². The van der Waals surface area contributed by atoms with E-state index < -0.39 is 16.6 Å². The highest BCUT2D eigenvalue weighted by molar-refractivity contribution is 5.95. The number of carbonyl (C=O) groups is 1. The number of amides is 1. The SMILES string of the molecule is O=C(NCCc1ncon1)c1cc([N+](=O)[O-])ccc1F. The molecule has 1 amide bonds. The monoisotopic (exact) mass is 280 g/mol. The highest BCUT2D eigenvalue weighted by Crippen LogP contribution is 2.16. The van der Waals surface area contributed by atoms with Crippen molar-refractivity contribution in [3.05, 3.63) is 51.9 Å². The molecule has 0 aliphatic rings. The number of halogens is 1. The summed E-state index contributed by atoms with van der Waals surface area (Å²) in [6, 6.07) is 2.76. The van der Waals surface area contributed by atoms with E-state index in [-0.39, 0.29) is 17.8 Å². The number of rotatable bonds is 5. The summed E-state index contributed by atoms with van der Waals surface area (Å²) in [5.74, 6) is -1.17. The molecule has 1 aromatic heterocycles. The fourth-order valence-corrected chi connectivity index (χ4v) is 1.49. The average Bonchev–Trinajstić information content (AvgIpc) is 2.92. The predicted molar refractivity (Wildman–Crippen MR) is 63.4 cm³/mol. The van der Waals surface area contributed by atoms with Crippen molar-refractivity contribution in [3.8, 4) is 0 Å². The van der Waals surface area contributed by atoms with Crippen LogP contribution in [0, 0.1) is 15.9 Å². The first-order chi connectivity index (χ1) is 9.58. The maximum atomic E-state index is 13.5. The van der Waals surface area contributed by atoms with Gasteiger partial charge in [0, 0.05) is 25.1 Å². The summed E-state index contributed by atoms with van der Waals surface area (Å²) in [5, 5.41) is 16.5. The number of nitrogens with zero attached hydrogens (tertiary/aromatic N) is 3. The molecule has 0 spiro atoms. The van der Waals surface area contributed by atoms with Gasteiger partial charge in [-0.2, -0.15) is 4.98 Å². The van der Waals surface area contributed by atoms with Crippen molar-refractivity contribution in [1.29, 1.82) is 0 Å². The van der Waals surface area contributed by atoms with Gasteiger partial charge >= 0.3 is 0 Å². The first kappa shape index (κ1) is 13.6. The van der Waals surface area contributed by atoms with Crippen molar-refractivity contribution in [3.63, 3.8) is 0 Å². The van der Waals surface area contributed by atoms with Gasteiger partial charge in [0.2, 0.25) is 6.39 Å². The molecule has 0 bridgehead atoms. The number of aromatic nitrogens is 2. The highest BCUT2D eigenvalue weighted by atomic mass is 19.1. The Balaban J connectivity index is 2.01. The minimum Gasteiger partial charge on any atom is -0.351 e. The fourth-order valence-electron chi connectivity index (χ4n) is 1.49. The lowest BCUT2D eigenvalue weighted by Gasteiger charge is -2.04. The number of hydrogen-bond acceptors (Lipinski definition) is 6. The Hall–Kier alpha value is -2.84. The Morgan fingerprint density at radius 3 is 2.95 bits per heavy atom. The quantitative estimate of drug-likeness (QED) is 0.648. The maximum absolute atomic E-state index is 13.5. The van der Waals surface area contributed by atoms with E-state index >= 15 is 0 Å². The van der Waals surface area contributed by atoms with Crippen LogP contribution in [-0.2, 0) is 6.42 Å². The van der Waals surface area contributed by atoms with Crippen molar-refractivity contribution < 1.29 is 18.6 Å². The summed E-state index contributed by atoms with van der Waals surface area (Å²) in [5.41, 5.74) is -0.734. The van der Waals surface area contributed by atoms with E-state index in [1.165, 1.54) is 0 Å². The second-order valence-corrected chi connectivity index (χ2v) is 3.77. The highest BCUT2D eigenvalue weighted by Gasteiger charge is 2.16. The summed E-state index contributed by atoms with van der Waals surface area (Å²) in [4.78, 5) is 25.4. The molecular formula is C11H9FN4O4. The van der Waals surface area contributed by atoms with Gasteiger partial charge in [-0.3, -0.25) is 14.9 Å². The van der Waals surface area contributed by atoms with Crippen molar-refractivity contribution in [2.45, 2.75) is 6.42 Å². The molecule has 20 heavy (non-hydrogen) atoms. The van der Waals surface area contributed by atoms with Gasteiger partial charge in [-0.25, -0.2) is 4.39 Å². The molecule has 0 aliphatic heterocycles. The van der Waals surface area contributed by atoms with E-state index in [0.29, 0.717) is 12.2 Å². The van der Waals surface area contributed by atoms with Gasteiger partial charge < -0.3 is 9.84 Å². The zero-order valence-electron chi connectivity index (χ0n) is 10.1. The van der Waals surface area contributed by atoms with Gasteiger partial charge in [-0.15, -0.1) is 0 Å². The Morgan fingerprint density at radius 2 is 2.30 bits per heavy atom. The fraction of sp³-hybridized carbons (Fsp3) is 0.182. The van der Waals surface area contributed by atoms with Crippen LogP contribution in [0.4, 0.5) is 10.1 Å². The van der Waals surface area contributed by atoms with Gasteiger partial charge in [-0.1, -0.05) is 5.16 Å². The third-order valence-corrected chi connectivity index (χ3v) is 2.45. The molecular weight excluding hydrogens is 271 g/mol. The molecule has 0 fully saturated rings. The van der Waals surface area contributed by atoms with Crippen molar-refractivity contribution >= 4 is 11.6 Å². The average molecular weight is 280 g/mol. The molecule has 2 rings (SSSR count). The third kappa shape index (κ3) is 3.13. The molecule has 0 saturated carbocycles. The van der Waals surface area contributed by atoms with Crippen LogP contribution >= 0.6 is 0 Å². The van der Waals surface area contributed by atoms with E-state index in [4.69, 9.17) is 0 Å². The van der Waals surface area contributed by atoms with Crippen LogP contribution in [0.15, 0.2) is 29.1 Å². The summed E-state index contributed by atoms with van der Waals surface area (Å²) < 4.78 is 18.0. The zero-order valence-corrected chi connectivity index (χ0v) is 10.1. The van der Waals surface area contributed by atoms with E-state index in [1.54, 1.807) is 0 Å². The summed E-state index contributed by atoms with van der Waals surface area (Å²) >= 11 is 0. The lowest BCUT2D eigenvalue weighted by molar-refractivity contribution is -0.384. The summed E-state index contributed by atoms with van der Waals surface area (Å²) in [7, 11) is 0. The summed E-state index contributed by atoms with van der Waals surface area (Å²) in [6.07, 6.45) is 1.45. The number of nitro groups is 1. The molecule has 8 nitrogen and oxygen atoms in total. The third-order valence-electron chi connectivity index (χ3n) is 2.45. The minimum absolute atomic E-state index is 0.153. The second kappa shape index (κ2) is 5.87. The van der Waals surface area contributed by atoms with Gasteiger partial charge in [0.1, 0.15) is 5.82 Å². The topological polar surface area (TPSA) is 111 Å².